The summed E-state index contributed by atoms with van der Waals surface area (Å²) in [6.45, 7) is 6.78. The molecule has 1 aliphatic heterocycles. The molecule has 2 N–H and O–H groups in total. The predicted octanol–water partition coefficient (Wildman–Crippen LogP) is 3.37. The summed E-state index contributed by atoms with van der Waals surface area (Å²) in [6, 6.07) is 11.6. The number of halogens is 2. The Hall–Kier alpha value is -1.56. The predicted molar refractivity (Wildman–Crippen MR) is 147 cm³/mol. The van der Waals surface area contributed by atoms with Gasteiger partial charge in [-0.15, -0.1) is 0 Å². The van der Waals surface area contributed by atoms with Gasteiger partial charge in [0.25, 0.3) is 0 Å². The molecule has 8 nitrogen and oxygen atoms in total. The first kappa shape index (κ1) is 30.0. The van der Waals surface area contributed by atoms with Crippen molar-refractivity contribution in [3.8, 4) is 0 Å². The number of rotatable bonds is 15. The van der Waals surface area contributed by atoms with Gasteiger partial charge in [-0.25, -0.2) is 8.93 Å². The molecule has 3 rings (SSSR count). The second-order valence-electron chi connectivity index (χ2n) is 8.76. The van der Waals surface area contributed by atoms with E-state index in [1.54, 1.807) is 6.07 Å². The number of nitrogens with zero attached hydrogens (tertiary/aromatic N) is 1. The summed E-state index contributed by atoms with van der Waals surface area (Å²) in [4.78, 5) is 13.7. The second kappa shape index (κ2) is 15.8. The molecule has 2 unspecified atom stereocenters. The minimum atomic E-state index is -1.33. The highest BCUT2D eigenvalue weighted by Gasteiger charge is 2.27. The molecule has 0 radical (unpaired) electrons. The standard InChI is InChI=1S/C26H35Cl2N3O5S/c1-19(32)29-7-9-34-11-13-36-14-12-35-10-8-30-37(33)22-5-3-20(4-6-22)24-17-31(2)18-25-23(24)15-21(27)16-26(25)28/h3-6,15-16,24,30H,7-14,17-18H2,1-2H3,(H,29,32). The van der Waals surface area contributed by atoms with Gasteiger partial charge < -0.3 is 24.4 Å². The van der Waals surface area contributed by atoms with Crippen LogP contribution in [0, 0.1) is 0 Å². The molecule has 0 spiro atoms. The summed E-state index contributed by atoms with van der Waals surface area (Å²) in [5.41, 5.74) is 3.39. The van der Waals surface area contributed by atoms with Gasteiger partial charge in [0.05, 0.1) is 44.5 Å². The second-order valence-corrected chi connectivity index (χ2v) is 10.9. The fourth-order valence-electron chi connectivity index (χ4n) is 4.09. The molecule has 204 valence electrons. The molecule has 1 aliphatic rings. The first-order valence-electron chi connectivity index (χ1n) is 12.2. The van der Waals surface area contributed by atoms with Crippen LogP contribution in [0.5, 0.6) is 0 Å². The molecule has 1 heterocycles. The minimum Gasteiger partial charge on any atom is -0.378 e. The largest absolute Gasteiger partial charge is 0.378 e. The van der Waals surface area contributed by atoms with Crippen molar-refractivity contribution in [3.05, 3.63) is 63.1 Å². The molecule has 11 heteroatoms. The van der Waals surface area contributed by atoms with Gasteiger partial charge in [-0.3, -0.25) is 4.79 Å². The third-order valence-electron chi connectivity index (χ3n) is 5.83. The number of ether oxygens (including phenoxy) is 3. The topological polar surface area (TPSA) is 89.1 Å². The molecule has 2 aromatic rings. The fraction of sp³-hybridized carbons (Fsp3) is 0.500. The van der Waals surface area contributed by atoms with Gasteiger partial charge in [0, 0.05) is 49.1 Å². The third-order valence-corrected chi connectivity index (χ3v) is 7.55. The summed E-state index contributed by atoms with van der Waals surface area (Å²) in [5.74, 6) is 0.0751. The SMILES string of the molecule is CC(=O)NCCOCCOCCOCCNS(=O)c1ccc(C2CN(C)Cc3c(Cl)cc(Cl)cc32)cc1. The highest BCUT2D eigenvalue weighted by atomic mass is 35.5. The van der Waals surface area contributed by atoms with Crippen molar-refractivity contribution in [1.29, 1.82) is 0 Å². The average molecular weight is 573 g/mol. The van der Waals surface area contributed by atoms with Gasteiger partial charge in [-0.2, -0.15) is 0 Å². The Bertz CT molecular complexity index is 1040. The van der Waals surface area contributed by atoms with E-state index in [4.69, 9.17) is 37.4 Å². The lowest BCUT2D eigenvalue weighted by atomic mass is 9.85. The van der Waals surface area contributed by atoms with Gasteiger partial charge in [-0.05, 0) is 48.0 Å². The molecular formula is C26H35Cl2N3O5S. The Kier molecular flexibility index (Phi) is 12.8. The van der Waals surface area contributed by atoms with Gasteiger partial charge in [0.2, 0.25) is 5.91 Å². The number of amides is 1. The maximum absolute atomic E-state index is 12.6. The molecule has 0 saturated heterocycles. The van der Waals surface area contributed by atoms with E-state index in [0.29, 0.717) is 67.7 Å². The Labute approximate surface area is 231 Å². The van der Waals surface area contributed by atoms with E-state index in [-0.39, 0.29) is 11.8 Å². The Balaban J connectivity index is 1.34. The molecule has 2 atom stereocenters. The summed E-state index contributed by atoms with van der Waals surface area (Å²) >= 11 is 12.8. The number of benzene rings is 2. The lowest BCUT2D eigenvalue weighted by Crippen LogP contribution is -2.31. The van der Waals surface area contributed by atoms with Crippen molar-refractivity contribution in [1.82, 2.24) is 14.9 Å². The molecule has 0 saturated carbocycles. The summed E-state index contributed by atoms with van der Waals surface area (Å²) in [7, 11) is 0.748. The van der Waals surface area contributed by atoms with Crippen LogP contribution in [0.3, 0.4) is 0 Å². The molecule has 1 amide bonds. The normalized spacial score (nSPS) is 16.4. The van der Waals surface area contributed by atoms with Crippen molar-refractivity contribution in [3.63, 3.8) is 0 Å². The van der Waals surface area contributed by atoms with Gasteiger partial charge in [-0.1, -0.05) is 35.3 Å². The van der Waals surface area contributed by atoms with Crippen molar-refractivity contribution in [2.75, 3.05) is 66.3 Å². The van der Waals surface area contributed by atoms with Crippen LogP contribution in [0.25, 0.3) is 0 Å². The van der Waals surface area contributed by atoms with Crippen LogP contribution < -0.4 is 10.0 Å². The van der Waals surface area contributed by atoms with E-state index in [1.165, 1.54) is 6.92 Å². The zero-order valence-electron chi connectivity index (χ0n) is 21.3. The Morgan fingerprint density at radius 2 is 1.62 bits per heavy atom. The lowest BCUT2D eigenvalue weighted by Gasteiger charge is -2.33. The van der Waals surface area contributed by atoms with Crippen molar-refractivity contribution < 1.29 is 23.2 Å². The summed E-state index contributed by atoms with van der Waals surface area (Å²) < 4.78 is 31.9. The molecule has 0 aromatic heterocycles. The van der Waals surface area contributed by atoms with Crippen molar-refractivity contribution >= 4 is 40.1 Å². The zero-order valence-corrected chi connectivity index (χ0v) is 23.6. The number of nitrogens with one attached hydrogen (secondary N) is 2. The fourth-order valence-corrected chi connectivity index (χ4v) is 5.47. The van der Waals surface area contributed by atoms with Crippen LogP contribution in [0.4, 0.5) is 0 Å². The van der Waals surface area contributed by atoms with E-state index in [1.807, 2.05) is 30.3 Å². The number of carbonyl (C=O) groups is 1. The molecule has 0 bridgehead atoms. The Morgan fingerprint density at radius 3 is 2.27 bits per heavy atom. The summed E-state index contributed by atoms with van der Waals surface area (Å²) in [6.07, 6.45) is 0. The van der Waals surface area contributed by atoms with E-state index < -0.39 is 11.0 Å². The van der Waals surface area contributed by atoms with Crippen molar-refractivity contribution in [2.24, 2.45) is 0 Å². The van der Waals surface area contributed by atoms with E-state index in [0.717, 1.165) is 29.8 Å². The van der Waals surface area contributed by atoms with Crippen LogP contribution >= 0.6 is 23.2 Å². The van der Waals surface area contributed by atoms with Crippen LogP contribution in [0.15, 0.2) is 41.3 Å². The zero-order chi connectivity index (χ0) is 26.6. The van der Waals surface area contributed by atoms with Crippen LogP contribution in [0.2, 0.25) is 10.0 Å². The number of carbonyl (C=O) groups excluding carboxylic acids is 1. The quantitative estimate of drug-likeness (QED) is 0.319. The maximum Gasteiger partial charge on any atom is 0.216 e. The highest BCUT2D eigenvalue weighted by Crippen LogP contribution is 2.38. The number of hydrogen-bond acceptors (Lipinski definition) is 6. The van der Waals surface area contributed by atoms with E-state index in [9.17, 15) is 9.00 Å². The lowest BCUT2D eigenvalue weighted by molar-refractivity contribution is -0.119. The van der Waals surface area contributed by atoms with Crippen molar-refractivity contribution in [2.45, 2.75) is 24.3 Å². The van der Waals surface area contributed by atoms with Gasteiger partial charge in [0.15, 0.2) is 0 Å². The van der Waals surface area contributed by atoms with E-state index in [2.05, 4.69) is 22.0 Å². The molecule has 37 heavy (non-hydrogen) atoms. The van der Waals surface area contributed by atoms with Crippen LogP contribution in [-0.2, 0) is 36.5 Å². The first-order chi connectivity index (χ1) is 17.8. The number of hydrogen-bond donors (Lipinski definition) is 2. The molecule has 0 aliphatic carbocycles. The van der Waals surface area contributed by atoms with E-state index >= 15 is 0 Å². The highest BCUT2D eigenvalue weighted by molar-refractivity contribution is 7.83. The minimum absolute atomic E-state index is 0.0697. The smallest absolute Gasteiger partial charge is 0.216 e. The third kappa shape index (κ3) is 9.92. The average Bonchev–Trinajstić information content (AvgIpc) is 2.86. The summed E-state index contributed by atoms with van der Waals surface area (Å²) in [5, 5.41) is 3.99. The molecule has 0 fully saturated rings. The Morgan fingerprint density at radius 1 is 1.00 bits per heavy atom. The number of fused-ring (bicyclic) bond motifs is 1. The molecular weight excluding hydrogens is 537 g/mol. The van der Waals surface area contributed by atoms with Crippen LogP contribution in [-0.4, -0.2) is 81.3 Å². The number of likely N-dealkylation sites (N-methyl/N-ethyl adjacent to an activating group) is 1. The maximum atomic E-state index is 12.6. The van der Waals surface area contributed by atoms with Gasteiger partial charge >= 0.3 is 0 Å². The van der Waals surface area contributed by atoms with Crippen LogP contribution in [0.1, 0.15) is 29.5 Å². The monoisotopic (exact) mass is 571 g/mol. The molecule has 2 aromatic carbocycles. The van der Waals surface area contributed by atoms with Gasteiger partial charge in [0.1, 0.15) is 11.0 Å². The first-order valence-corrected chi connectivity index (χ1v) is 14.1.